The van der Waals surface area contributed by atoms with E-state index in [9.17, 15) is 0 Å². The molecule has 0 spiro atoms. The van der Waals surface area contributed by atoms with Crippen molar-refractivity contribution in [1.82, 2.24) is 4.98 Å². The molecule has 0 amide bonds. The predicted octanol–water partition coefficient (Wildman–Crippen LogP) is 3.29. The minimum atomic E-state index is 0.535. The summed E-state index contributed by atoms with van der Waals surface area (Å²) < 4.78 is 0. The Bertz CT molecular complexity index is 281. The van der Waals surface area contributed by atoms with E-state index in [1.807, 2.05) is 23.9 Å². The Morgan fingerprint density at radius 1 is 1.57 bits per heavy atom. The molecule has 1 atom stereocenters. The van der Waals surface area contributed by atoms with Crippen LogP contribution in [-0.2, 0) is 0 Å². The third-order valence-electron chi connectivity index (χ3n) is 1.97. The van der Waals surface area contributed by atoms with Gasteiger partial charge in [0.05, 0.1) is 0 Å². The number of hydrogen-bond acceptors (Lipinski definition) is 3. The van der Waals surface area contributed by atoms with E-state index < -0.39 is 0 Å². The van der Waals surface area contributed by atoms with Crippen LogP contribution in [0, 0.1) is 0 Å². The summed E-state index contributed by atoms with van der Waals surface area (Å²) in [5.41, 5.74) is 0. The number of nitrogens with zero attached hydrogens (tertiary/aromatic N) is 1. The Labute approximate surface area is 94.5 Å². The lowest BCUT2D eigenvalue weighted by Gasteiger charge is -2.09. The van der Waals surface area contributed by atoms with Gasteiger partial charge in [-0.3, -0.25) is 0 Å². The lowest BCUT2D eigenvalue weighted by atomic mass is 10.3. The topological polar surface area (TPSA) is 24.9 Å². The number of rotatable bonds is 5. The first-order valence-corrected chi connectivity index (χ1v) is 6.28. The van der Waals surface area contributed by atoms with Crippen LogP contribution < -0.4 is 5.32 Å². The van der Waals surface area contributed by atoms with Crippen LogP contribution in [0.4, 0.5) is 5.82 Å². The van der Waals surface area contributed by atoms with Crippen LogP contribution in [0.1, 0.15) is 13.3 Å². The van der Waals surface area contributed by atoms with E-state index in [-0.39, 0.29) is 0 Å². The number of nitrogens with one attached hydrogen (secondary N) is 1. The average molecular weight is 231 g/mol. The van der Waals surface area contributed by atoms with E-state index in [1.54, 1.807) is 6.07 Å². The summed E-state index contributed by atoms with van der Waals surface area (Å²) in [6, 6.07) is 5.60. The molecule has 1 rings (SSSR count). The van der Waals surface area contributed by atoms with Crippen molar-refractivity contribution in [1.29, 1.82) is 0 Å². The lowest BCUT2D eigenvalue weighted by Crippen LogP contribution is -2.08. The number of aromatic nitrogens is 1. The highest BCUT2D eigenvalue weighted by Gasteiger charge is 1.99. The number of thioether (sulfide) groups is 1. The molecule has 78 valence electrons. The highest BCUT2D eigenvalue weighted by atomic mass is 35.5. The summed E-state index contributed by atoms with van der Waals surface area (Å²) in [6.45, 7) is 3.16. The molecular formula is C10H15ClN2S. The SMILES string of the molecule is CSC(C)CCNc1cccc(Cl)n1. The van der Waals surface area contributed by atoms with Gasteiger partial charge in [-0.05, 0) is 24.8 Å². The zero-order chi connectivity index (χ0) is 10.4. The molecule has 0 saturated heterocycles. The van der Waals surface area contributed by atoms with Gasteiger partial charge in [0.1, 0.15) is 11.0 Å². The Morgan fingerprint density at radius 3 is 3.00 bits per heavy atom. The molecule has 1 N–H and O–H groups in total. The highest BCUT2D eigenvalue weighted by Crippen LogP contribution is 2.11. The fourth-order valence-electron chi connectivity index (χ4n) is 1.03. The second-order valence-corrected chi connectivity index (χ2v) is 4.77. The predicted molar refractivity (Wildman–Crippen MR) is 65.3 cm³/mol. The molecular weight excluding hydrogens is 216 g/mol. The molecule has 1 aromatic heterocycles. The first-order valence-electron chi connectivity index (χ1n) is 4.61. The van der Waals surface area contributed by atoms with E-state index >= 15 is 0 Å². The standard InChI is InChI=1S/C10H15ClN2S/c1-8(14-2)6-7-12-10-5-3-4-9(11)13-10/h3-5,8H,6-7H2,1-2H3,(H,12,13). The summed E-state index contributed by atoms with van der Waals surface area (Å²) in [7, 11) is 0. The van der Waals surface area contributed by atoms with Gasteiger partial charge < -0.3 is 5.32 Å². The first-order chi connectivity index (χ1) is 6.72. The third kappa shape index (κ3) is 4.20. The summed E-state index contributed by atoms with van der Waals surface area (Å²) >= 11 is 7.63. The zero-order valence-corrected chi connectivity index (χ0v) is 10.0. The lowest BCUT2D eigenvalue weighted by molar-refractivity contribution is 0.850. The minimum absolute atomic E-state index is 0.535. The third-order valence-corrected chi connectivity index (χ3v) is 3.23. The molecule has 1 unspecified atom stereocenters. The van der Waals surface area contributed by atoms with Crippen molar-refractivity contribution in [3.8, 4) is 0 Å². The average Bonchev–Trinajstić information content (AvgIpc) is 2.17. The second kappa shape index (κ2) is 6.14. The van der Waals surface area contributed by atoms with Crippen molar-refractivity contribution in [2.45, 2.75) is 18.6 Å². The van der Waals surface area contributed by atoms with Gasteiger partial charge in [0.2, 0.25) is 0 Å². The van der Waals surface area contributed by atoms with Crippen LogP contribution in [-0.4, -0.2) is 23.0 Å². The molecule has 2 nitrogen and oxygen atoms in total. The van der Waals surface area contributed by atoms with E-state index in [0.29, 0.717) is 10.4 Å². The quantitative estimate of drug-likeness (QED) is 0.786. The van der Waals surface area contributed by atoms with Crippen molar-refractivity contribution < 1.29 is 0 Å². The first kappa shape index (κ1) is 11.7. The molecule has 4 heteroatoms. The number of pyridine rings is 1. The molecule has 0 aliphatic heterocycles. The number of anilines is 1. The molecule has 1 aromatic rings. The maximum atomic E-state index is 5.76. The fraction of sp³-hybridized carbons (Fsp3) is 0.500. The van der Waals surface area contributed by atoms with Gasteiger partial charge in [-0.15, -0.1) is 0 Å². The van der Waals surface area contributed by atoms with Crippen LogP contribution in [0.5, 0.6) is 0 Å². The van der Waals surface area contributed by atoms with Gasteiger partial charge in [0, 0.05) is 11.8 Å². The monoisotopic (exact) mass is 230 g/mol. The largest absolute Gasteiger partial charge is 0.370 e. The molecule has 0 aliphatic carbocycles. The second-order valence-electron chi connectivity index (χ2n) is 3.11. The highest BCUT2D eigenvalue weighted by molar-refractivity contribution is 7.99. The fourth-order valence-corrected chi connectivity index (χ4v) is 1.55. The Kier molecular flexibility index (Phi) is 5.12. The van der Waals surface area contributed by atoms with E-state index in [1.165, 1.54) is 0 Å². The summed E-state index contributed by atoms with van der Waals surface area (Å²) in [6.07, 6.45) is 3.26. The molecule has 0 saturated carbocycles. The van der Waals surface area contributed by atoms with Crippen LogP contribution >= 0.6 is 23.4 Å². The van der Waals surface area contributed by atoms with E-state index in [2.05, 4.69) is 23.5 Å². The zero-order valence-electron chi connectivity index (χ0n) is 8.46. The van der Waals surface area contributed by atoms with Gasteiger partial charge in [-0.2, -0.15) is 11.8 Å². The van der Waals surface area contributed by atoms with Crippen LogP contribution in [0.3, 0.4) is 0 Å². The molecule has 1 heterocycles. The van der Waals surface area contributed by atoms with Gasteiger partial charge in [-0.1, -0.05) is 24.6 Å². The van der Waals surface area contributed by atoms with Gasteiger partial charge in [0.25, 0.3) is 0 Å². The number of hydrogen-bond donors (Lipinski definition) is 1. The van der Waals surface area contributed by atoms with E-state index in [4.69, 9.17) is 11.6 Å². The summed E-state index contributed by atoms with van der Waals surface area (Å²) in [5, 5.41) is 4.46. The maximum absolute atomic E-state index is 5.76. The van der Waals surface area contributed by atoms with Crippen molar-refractivity contribution in [3.63, 3.8) is 0 Å². The summed E-state index contributed by atoms with van der Waals surface area (Å²) in [4.78, 5) is 4.14. The van der Waals surface area contributed by atoms with Crippen LogP contribution in [0.2, 0.25) is 5.15 Å². The Hall–Kier alpha value is -0.410. The maximum Gasteiger partial charge on any atom is 0.131 e. The van der Waals surface area contributed by atoms with Crippen molar-refractivity contribution >= 4 is 29.2 Å². The molecule has 0 bridgehead atoms. The molecule has 0 aliphatic rings. The number of halogens is 1. The van der Waals surface area contributed by atoms with Crippen LogP contribution in [0.15, 0.2) is 18.2 Å². The molecule has 0 radical (unpaired) electrons. The smallest absolute Gasteiger partial charge is 0.131 e. The van der Waals surface area contributed by atoms with Crippen molar-refractivity contribution in [3.05, 3.63) is 23.4 Å². The molecule has 14 heavy (non-hydrogen) atoms. The minimum Gasteiger partial charge on any atom is -0.370 e. The Morgan fingerprint density at radius 2 is 2.36 bits per heavy atom. The van der Waals surface area contributed by atoms with Gasteiger partial charge in [-0.25, -0.2) is 4.98 Å². The normalized spacial score (nSPS) is 12.5. The van der Waals surface area contributed by atoms with Gasteiger partial charge in [0.15, 0.2) is 0 Å². The van der Waals surface area contributed by atoms with Gasteiger partial charge >= 0.3 is 0 Å². The van der Waals surface area contributed by atoms with Crippen LogP contribution in [0.25, 0.3) is 0 Å². The van der Waals surface area contributed by atoms with Crippen molar-refractivity contribution in [2.24, 2.45) is 0 Å². The Balaban J connectivity index is 2.31. The molecule has 0 aromatic carbocycles. The van der Waals surface area contributed by atoms with E-state index in [0.717, 1.165) is 18.8 Å². The summed E-state index contributed by atoms with van der Waals surface area (Å²) in [5.74, 6) is 0.853. The molecule has 0 fully saturated rings. The van der Waals surface area contributed by atoms with Crippen molar-refractivity contribution in [2.75, 3.05) is 18.1 Å².